The molecule has 0 amide bonds. The van der Waals surface area contributed by atoms with Crippen LogP contribution in [0.4, 0.5) is 5.69 Å². The van der Waals surface area contributed by atoms with Gasteiger partial charge in [0.15, 0.2) is 0 Å². The normalized spacial score (nSPS) is 25.6. The lowest BCUT2D eigenvalue weighted by atomic mass is 9.88. The van der Waals surface area contributed by atoms with E-state index in [0.717, 1.165) is 31.4 Å². The molecule has 3 atom stereocenters. The van der Waals surface area contributed by atoms with Crippen LogP contribution in [0, 0.1) is 11.8 Å². The van der Waals surface area contributed by atoms with Crippen LogP contribution in [0.15, 0.2) is 48.5 Å². The Labute approximate surface area is 180 Å². The standard InChI is InChI=1S/C25H34N2OS/c1-4-25(21-6-5-7-22(16-21)27-29-3)18(2)24(25)17-26-14-15-28-23-12-10-20(11-13-23)19-8-9-19/h5-7,10-13,16,18-19,24,26-27H,4,8-9,14-15,17H2,1-3H3. The molecule has 0 radical (unpaired) electrons. The lowest BCUT2D eigenvalue weighted by Crippen LogP contribution is -2.25. The smallest absolute Gasteiger partial charge is 0.119 e. The van der Waals surface area contributed by atoms with Crippen LogP contribution in [-0.4, -0.2) is 26.0 Å². The highest BCUT2D eigenvalue weighted by Gasteiger charge is 2.60. The van der Waals surface area contributed by atoms with E-state index in [0.29, 0.717) is 17.3 Å². The number of ether oxygens (including phenoxy) is 1. The molecule has 0 spiro atoms. The van der Waals surface area contributed by atoms with E-state index in [4.69, 9.17) is 4.74 Å². The Morgan fingerprint density at radius 3 is 2.62 bits per heavy atom. The van der Waals surface area contributed by atoms with Crippen LogP contribution in [-0.2, 0) is 5.41 Å². The molecule has 156 valence electrons. The zero-order valence-electron chi connectivity index (χ0n) is 17.9. The van der Waals surface area contributed by atoms with Gasteiger partial charge >= 0.3 is 0 Å². The van der Waals surface area contributed by atoms with Crippen molar-refractivity contribution in [2.24, 2.45) is 11.8 Å². The fraction of sp³-hybridized carbons (Fsp3) is 0.520. The fourth-order valence-corrected chi connectivity index (χ4v) is 5.45. The van der Waals surface area contributed by atoms with Gasteiger partial charge in [0.05, 0.1) is 0 Å². The molecule has 0 bridgehead atoms. The molecule has 0 aliphatic heterocycles. The number of anilines is 1. The van der Waals surface area contributed by atoms with E-state index in [1.807, 2.05) is 0 Å². The van der Waals surface area contributed by atoms with Gasteiger partial charge in [-0.25, -0.2) is 0 Å². The Balaban J connectivity index is 1.24. The van der Waals surface area contributed by atoms with Crippen molar-refractivity contribution < 1.29 is 4.74 Å². The second kappa shape index (κ2) is 9.01. The predicted molar refractivity (Wildman–Crippen MR) is 125 cm³/mol. The zero-order valence-corrected chi connectivity index (χ0v) is 18.7. The van der Waals surface area contributed by atoms with Crippen LogP contribution >= 0.6 is 11.9 Å². The summed E-state index contributed by atoms with van der Waals surface area (Å²) < 4.78 is 9.30. The van der Waals surface area contributed by atoms with Gasteiger partial charge in [-0.2, -0.15) is 0 Å². The molecule has 2 aliphatic carbocycles. The predicted octanol–water partition coefficient (Wildman–Crippen LogP) is 5.84. The Morgan fingerprint density at radius 1 is 1.14 bits per heavy atom. The van der Waals surface area contributed by atoms with E-state index in [1.54, 1.807) is 11.9 Å². The van der Waals surface area contributed by atoms with Gasteiger partial charge in [-0.3, -0.25) is 0 Å². The maximum absolute atomic E-state index is 5.92. The molecular weight excluding hydrogens is 376 g/mol. The first-order valence-electron chi connectivity index (χ1n) is 11.0. The average Bonchev–Trinajstić information content (AvgIpc) is 3.66. The summed E-state index contributed by atoms with van der Waals surface area (Å²) in [6, 6.07) is 17.7. The molecule has 29 heavy (non-hydrogen) atoms. The van der Waals surface area contributed by atoms with E-state index < -0.39 is 0 Å². The molecule has 2 fully saturated rings. The summed E-state index contributed by atoms with van der Waals surface area (Å²) in [4.78, 5) is 0. The average molecular weight is 411 g/mol. The molecule has 0 aromatic heterocycles. The third kappa shape index (κ3) is 4.44. The topological polar surface area (TPSA) is 33.3 Å². The van der Waals surface area contributed by atoms with Crippen molar-refractivity contribution in [3.8, 4) is 5.75 Å². The Morgan fingerprint density at radius 2 is 1.93 bits per heavy atom. The van der Waals surface area contributed by atoms with Crippen LogP contribution in [0.3, 0.4) is 0 Å². The SMILES string of the molecule is CCC1(c2cccc(NSC)c2)C(C)C1CNCCOc1ccc(C2CC2)cc1. The van der Waals surface area contributed by atoms with E-state index in [1.165, 1.54) is 36.1 Å². The minimum Gasteiger partial charge on any atom is -0.492 e. The molecule has 2 aliphatic rings. The molecule has 4 rings (SSSR count). The molecule has 0 saturated heterocycles. The summed E-state index contributed by atoms with van der Waals surface area (Å²) in [5, 5.41) is 3.64. The largest absolute Gasteiger partial charge is 0.492 e. The summed E-state index contributed by atoms with van der Waals surface area (Å²) in [7, 11) is 0. The molecule has 3 unspecified atom stereocenters. The molecular formula is C25H34N2OS. The first-order valence-corrected chi connectivity index (χ1v) is 12.2. The first-order chi connectivity index (χ1) is 14.2. The van der Waals surface area contributed by atoms with Gasteiger partial charge in [0.2, 0.25) is 0 Å². The molecule has 2 saturated carbocycles. The Bertz CT molecular complexity index is 805. The number of rotatable bonds is 11. The number of nitrogens with one attached hydrogen (secondary N) is 2. The minimum absolute atomic E-state index is 0.308. The monoisotopic (exact) mass is 410 g/mol. The second-order valence-corrected chi connectivity index (χ2v) is 9.18. The van der Waals surface area contributed by atoms with Crippen LogP contribution in [0.1, 0.15) is 50.2 Å². The summed E-state index contributed by atoms with van der Waals surface area (Å²) >= 11 is 1.65. The highest BCUT2D eigenvalue weighted by Crippen LogP contribution is 2.61. The van der Waals surface area contributed by atoms with Crippen molar-refractivity contribution >= 4 is 17.6 Å². The van der Waals surface area contributed by atoms with E-state index in [9.17, 15) is 0 Å². The quantitative estimate of drug-likeness (QED) is 0.360. The van der Waals surface area contributed by atoms with Crippen molar-refractivity contribution in [2.75, 3.05) is 30.7 Å². The fourth-order valence-electron chi connectivity index (χ4n) is 5.09. The van der Waals surface area contributed by atoms with Crippen LogP contribution in [0.25, 0.3) is 0 Å². The molecule has 0 heterocycles. The van der Waals surface area contributed by atoms with Gasteiger partial charge < -0.3 is 14.8 Å². The van der Waals surface area contributed by atoms with Crippen molar-refractivity contribution in [3.05, 3.63) is 59.7 Å². The Hall–Kier alpha value is -1.65. The molecule has 3 nitrogen and oxygen atoms in total. The van der Waals surface area contributed by atoms with Crippen molar-refractivity contribution in [3.63, 3.8) is 0 Å². The van der Waals surface area contributed by atoms with Gasteiger partial charge in [-0.1, -0.05) is 50.1 Å². The summed E-state index contributed by atoms with van der Waals surface area (Å²) in [5.41, 5.74) is 4.45. The van der Waals surface area contributed by atoms with Crippen LogP contribution in [0.5, 0.6) is 5.75 Å². The highest BCUT2D eigenvalue weighted by molar-refractivity contribution is 7.99. The van der Waals surface area contributed by atoms with Crippen molar-refractivity contribution in [2.45, 2.75) is 44.4 Å². The van der Waals surface area contributed by atoms with Crippen LogP contribution in [0.2, 0.25) is 0 Å². The molecule has 4 heteroatoms. The van der Waals surface area contributed by atoms with E-state index in [2.05, 4.69) is 78.7 Å². The van der Waals surface area contributed by atoms with E-state index >= 15 is 0 Å². The first kappa shape index (κ1) is 20.6. The minimum atomic E-state index is 0.308. The number of hydrogen-bond acceptors (Lipinski definition) is 4. The molecule has 2 N–H and O–H groups in total. The van der Waals surface area contributed by atoms with Gasteiger partial charge in [0.1, 0.15) is 12.4 Å². The summed E-state index contributed by atoms with van der Waals surface area (Å²) in [6.07, 6.45) is 5.95. The van der Waals surface area contributed by atoms with Crippen molar-refractivity contribution in [1.82, 2.24) is 5.32 Å². The Kier molecular flexibility index (Phi) is 6.41. The lowest BCUT2D eigenvalue weighted by Gasteiger charge is -2.18. The van der Waals surface area contributed by atoms with Gasteiger partial charge in [0.25, 0.3) is 0 Å². The molecule has 2 aromatic rings. The third-order valence-electron chi connectivity index (χ3n) is 7.01. The lowest BCUT2D eigenvalue weighted by molar-refractivity contribution is 0.312. The van der Waals surface area contributed by atoms with Gasteiger partial charge in [0, 0.05) is 23.9 Å². The van der Waals surface area contributed by atoms with Crippen LogP contribution < -0.4 is 14.8 Å². The molecule has 2 aromatic carbocycles. The van der Waals surface area contributed by atoms with E-state index in [-0.39, 0.29) is 0 Å². The van der Waals surface area contributed by atoms with Gasteiger partial charge in [-0.15, -0.1) is 0 Å². The number of hydrogen-bond donors (Lipinski definition) is 2. The maximum atomic E-state index is 5.92. The third-order valence-corrected chi connectivity index (χ3v) is 7.45. The maximum Gasteiger partial charge on any atom is 0.119 e. The van der Waals surface area contributed by atoms with Gasteiger partial charge in [-0.05, 0) is 79.0 Å². The zero-order chi connectivity index (χ0) is 20.3. The second-order valence-electron chi connectivity index (χ2n) is 8.57. The summed E-state index contributed by atoms with van der Waals surface area (Å²) in [5.74, 6) is 3.19. The highest BCUT2D eigenvalue weighted by atomic mass is 32.2. The van der Waals surface area contributed by atoms with Crippen molar-refractivity contribution in [1.29, 1.82) is 0 Å². The summed E-state index contributed by atoms with van der Waals surface area (Å²) in [6.45, 7) is 7.40. The number of benzene rings is 2.